The summed E-state index contributed by atoms with van der Waals surface area (Å²) in [6, 6.07) is 7.80. The van der Waals surface area contributed by atoms with Crippen LogP contribution in [0.25, 0.3) is 10.9 Å². The van der Waals surface area contributed by atoms with E-state index >= 15 is 0 Å². The lowest BCUT2D eigenvalue weighted by Gasteiger charge is -2.12. The number of rotatable bonds is 2. The Bertz CT molecular complexity index is 595. The zero-order valence-corrected chi connectivity index (χ0v) is 10.4. The number of aromatic nitrogens is 1. The van der Waals surface area contributed by atoms with Gasteiger partial charge in [-0.05, 0) is 19.1 Å². The molecule has 2 unspecified atom stereocenters. The van der Waals surface area contributed by atoms with Gasteiger partial charge in [-0.25, -0.2) is 4.98 Å². The van der Waals surface area contributed by atoms with Crippen LogP contribution < -0.4 is 9.47 Å². The van der Waals surface area contributed by atoms with Gasteiger partial charge in [0.15, 0.2) is 0 Å². The molecular weight excluding hydrogens is 230 g/mol. The van der Waals surface area contributed by atoms with Crippen molar-refractivity contribution >= 4 is 10.9 Å². The Hall–Kier alpha value is -1.81. The highest BCUT2D eigenvalue weighted by Gasteiger charge is 2.31. The Morgan fingerprint density at radius 2 is 2.22 bits per heavy atom. The van der Waals surface area contributed by atoms with E-state index in [4.69, 9.17) is 9.47 Å². The summed E-state index contributed by atoms with van der Waals surface area (Å²) >= 11 is 0. The molecular formula is C14H15NO3. The van der Waals surface area contributed by atoms with Gasteiger partial charge in [0.2, 0.25) is 5.88 Å². The van der Waals surface area contributed by atoms with Crippen molar-refractivity contribution in [3.63, 3.8) is 0 Å². The molecule has 18 heavy (non-hydrogen) atoms. The van der Waals surface area contributed by atoms with Crippen molar-refractivity contribution in [2.75, 3.05) is 7.11 Å². The molecule has 0 amide bonds. The van der Waals surface area contributed by atoms with Gasteiger partial charge in [0, 0.05) is 11.8 Å². The molecule has 1 aliphatic rings. The zero-order chi connectivity index (χ0) is 12.7. The first-order valence-corrected chi connectivity index (χ1v) is 6.01. The van der Waals surface area contributed by atoms with Crippen LogP contribution in [0.1, 0.15) is 12.5 Å². The summed E-state index contributed by atoms with van der Waals surface area (Å²) in [6.07, 6.45) is -0.126. The molecule has 0 saturated heterocycles. The summed E-state index contributed by atoms with van der Waals surface area (Å²) < 4.78 is 11.2. The number of benzene rings is 1. The molecule has 0 saturated carbocycles. The van der Waals surface area contributed by atoms with Crippen LogP contribution in [0.15, 0.2) is 24.3 Å². The van der Waals surface area contributed by atoms with Gasteiger partial charge in [-0.3, -0.25) is 0 Å². The third-order valence-corrected chi connectivity index (χ3v) is 3.31. The number of nitrogens with zero attached hydrogens (tertiary/aromatic N) is 1. The van der Waals surface area contributed by atoms with Crippen molar-refractivity contribution in [3.8, 4) is 11.6 Å². The summed E-state index contributed by atoms with van der Waals surface area (Å²) in [7, 11) is 1.65. The minimum Gasteiger partial charge on any atom is -0.496 e. The minimum atomic E-state index is -0.521. The van der Waals surface area contributed by atoms with E-state index in [-0.39, 0.29) is 6.10 Å². The Kier molecular flexibility index (Phi) is 2.59. The van der Waals surface area contributed by atoms with Gasteiger partial charge in [-0.15, -0.1) is 0 Å². The fourth-order valence-electron chi connectivity index (χ4n) is 2.37. The topological polar surface area (TPSA) is 51.6 Å². The van der Waals surface area contributed by atoms with Gasteiger partial charge in [-0.1, -0.05) is 12.1 Å². The van der Waals surface area contributed by atoms with Crippen molar-refractivity contribution in [1.82, 2.24) is 4.98 Å². The quantitative estimate of drug-likeness (QED) is 0.878. The predicted octanol–water partition coefficient (Wildman–Crippen LogP) is 1.93. The molecule has 0 radical (unpaired) electrons. The molecule has 0 aliphatic carbocycles. The van der Waals surface area contributed by atoms with Gasteiger partial charge in [-0.2, -0.15) is 0 Å². The van der Waals surface area contributed by atoms with Gasteiger partial charge < -0.3 is 14.6 Å². The predicted molar refractivity (Wildman–Crippen MR) is 68.1 cm³/mol. The smallest absolute Gasteiger partial charge is 0.221 e. The van der Waals surface area contributed by atoms with Crippen LogP contribution in [0.4, 0.5) is 0 Å². The maximum atomic E-state index is 9.63. The van der Waals surface area contributed by atoms with Crippen LogP contribution in [-0.2, 0) is 6.42 Å². The Morgan fingerprint density at radius 3 is 2.94 bits per heavy atom. The first kappa shape index (κ1) is 11.3. The van der Waals surface area contributed by atoms with E-state index in [0.717, 1.165) is 22.2 Å². The van der Waals surface area contributed by atoms with E-state index in [1.54, 1.807) is 14.0 Å². The molecule has 2 aromatic rings. The molecule has 1 aliphatic heterocycles. The van der Waals surface area contributed by atoms with Gasteiger partial charge in [0.05, 0.1) is 24.3 Å². The summed E-state index contributed by atoms with van der Waals surface area (Å²) in [6.45, 7) is 1.72. The number of hydrogen-bond acceptors (Lipinski definition) is 4. The molecule has 0 bridgehead atoms. The number of ether oxygens (including phenoxy) is 2. The maximum Gasteiger partial charge on any atom is 0.221 e. The summed E-state index contributed by atoms with van der Waals surface area (Å²) in [5, 5.41) is 10.6. The number of hydrogen-bond donors (Lipinski definition) is 1. The third kappa shape index (κ3) is 1.61. The second-order valence-electron chi connectivity index (χ2n) is 4.55. The summed E-state index contributed by atoms with van der Waals surface area (Å²) in [5.74, 6) is 1.38. The van der Waals surface area contributed by atoms with Crippen LogP contribution in [0.5, 0.6) is 11.6 Å². The van der Waals surface area contributed by atoms with Crippen LogP contribution in [0.3, 0.4) is 0 Å². The van der Waals surface area contributed by atoms with Crippen molar-refractivity contribution in [2.24, 2.45) is 0 Å². The van der Waals surface area contributed by atoms with E-state index in [0.29, 0.717) is 12.3 Å². The van der Waals surface area contributed by atoms with Crippen molar-refractivity contribution < 1.29 is 14.6 Å². The molecule has 94 valence electrons. The molecule has 1 aromatic heterocycles. The average Bonchev–Trinajstić information content (AvgIpc) is 2.79. The number of pyridine rings is 1. The molecule has 3 rings (SSSR count). The highest BCUT2D eigenvalue weighted by atomic mass is 16.5. The van der Waals surface area contributed by atoms with Gasteiger partial charge in [0.25, 0.3) is 0 Å². The first-order valence-electron chi connectivity index (χ1n) is 6.01. The van der Waals surface area contributed by atoms with Crippen LogP contribution in [-0.4, -0.2) is 29.4 Å². The van der Waals surface area contributed by atoms with Crippen LogP contribution in [0.2, 0.25) is 0 Å². The second-order valence-corrected chi connectivity index (χ2v) is 4.55. The number of aliphatic hydroxyl groups is 1. The highest BCUT2D eigenvalue weighted by molar-refractivity contribution is 5.87. The number of aliphatic hydroxyl groups excluding tert-OH is 1. The van der Waals surface area contributed by atoms with E-state index in [1.165, 1.54) is 0 Å². The molecule has 4 nitrogen and oxygen atoms in total. The number of para-hydroxylation sites is 1. The fraction of sp³-hybridized carbons (Fsp3) is 0.357. The monoisotopic (exact) mass is 245 g/mol. The van der Waals surface area contributed by atoms with Crippen LogP contribution in [0, 0.1) is 0 Å². The minimum absolute atomic E-state index is 0.238. The van der Waals surface area contributed by atoms with Gasteiger partial charge in [0.1, 0.15) is 11.9 Å². The molecule has 0 fully saturated rings. The second kappa shape index (κ2) is 4.14. The summed E-state index contributed by atoms with van der Waals surface area (Å²) in [5.41, 5.74) is 1.79. The lowest BCUT2D eigenvalue weighted by Crippen LogP contribution is -2.27. The van der Waals surface area contributed by atoms with E-state index in [2.05, 4.69) is 4.98 Å². The Balaban J connectivity index is 2.19. The van der Waals surface area contributed by atoms with Gasteiger partial charge >= 0.3 is 0 Å². The molecule has 4 heteroatoms. The third-order valence-electron chi connectivity index (χ3n) is 3.31. The summed E-state index contributed by atoms with van der Waals surface area (Å²) in [4.78, 5) is 4.48. The lowest BCUT2D eigenvalue weighted by molar-refractivity contribution is 0.0610. The largest absolute Gasteiger partial charge is 0.496 e. The molecule has 1 aromatic carbocycles. The van der Waals surface area contributed by atoms with E-state index in [1.807, 2.05) is 24.3 Å². The van der Waals surface area contributed by atoms with E-state index in [9.17, 15) is 5.11 Å². The maximum absolute atomic E-state index is 9.63. The SMILES string of the molecule is COc1c2c(nc3ccccc13)OC(C(C)O)C2. The highest BCUT2D eigenvalue weighted by Crippen LogP contribution is 2.39. The molecule has 1 N–H and O–H groups in total. The zero-order valence-electron chi connectivity index (χ0n) is 10.4. The standard InChI is InChI=1S/C14H15NO3/c1-8(16)12-7-10-13(17-2)9-5-3-4-6-11(9)15-14(10)18-12/h3-6,8,12,16H,7H2,1-2H3. The molecule has 2 heterocycles. The van der Waals surface area contributed by atoms with Crippen LogP contribution >= 0.6 is 0 Å². The number of methoxy groups -OCH3 is 1. The Labute approximate surface area is 105 Å². The van der Waals surface area contributed by atoms with Crippen molar-refractivity contribution in [2.45, 2.75) is 25.6 Å². The van der Waals surface area contributed by atoms with Crippen molar-refractivity contribution in [3.05, 3.63) is 29.8 Å². The first-order chi connectivity index (χ1) is 8.70. The fourth-order valence-corrected chi connectivity index (χ4v) is 2.37. The lowest BCUT2D eigenvalue weighted by atomic mass is 10.0. The Morgan fingerprint density at radius 1 is 1.44 bits per heavy atom. The molecule has 0 spiro atoms. The normalized spacial score (nSPS) is 19.4. The van der Waals surface area contributed by atoms with Crippen molar-refractivity contribution in [1.29, 1.82) is 0 Å². The average molecular weight is 245 g/mol. The number of fused-ring (bicyclic) bond motifs is 2. The molecule has 2 atom stereocenters. The van der Waals surface area contributed by atoms with E-state index < -0.39 is 6.10 Å².